The van der Waals surface area contributed by atoms with Crippen molar-refractivity contribution in [3.63, 3.8) is 0 Å². The number of hydrogen-bond donors (Lipinski definition) is 1. The normalized spacial score (nSPS) is 17.4. The van der Waals surface area contributed by atoms with Gasteiger partial charge in [0.2, 0.25) is 5.91 Å². The van der Waals surface area contributed by atoms with E-state index in [1.807, 2.05) is 6.07 Å². The number of benzene rings is 1. The fourth-order valence-electron chi connectivity index (χ4n) is 4.33. The molecule has 39 heavy (non-hydrogen) atoms. The first-order valence-electron chi connectivity index (χ1n) is 13.4. The van der Waals surface area contributed by atoms with Crippen molar-refractivity contribution >= 4 is 23.6 Å². The number of fused-ring (bicyclic) bond motifs is 1. The predicted octanol–water partition coefficient (Wildman–Crippen LogP) is 0.404. The van der Waals surface area contributed by atoms with Crippen molar-refractivity contribution in [3.05, 3.63) is 34.9 Å². The zero-order valence-electron chi connectivity index (χ0n) is 22.6. The van der Waals surface area contributed by atoms with Gasteiger partial charge in [-0.3, -0.25) is 29.0 Å². The molecule has 2 aliphatic rings. The summed E-state index contributed by atoms with van der Waals surface area (Å²) in [6.07, 6.45) is 1.67. The van der Waals surface area contributed by atoms with Crippen LogP contribution in [0.15, 0.2) is 18.2 Å². The molecule has 3 rings (SSSR count). The SMILES string of the molecule is CN1C(=O)CCC(N2C(=O)c3ccc(CCCOCCOCCOCCOCCOCCN)cc3C2=O)C1=O. The van der Waals surface area contributed by atoms with E-state index in [0.717, 1.165) is 21.8 Å². The van der Waals surface area contributed by atoms with Crippen LogP contribution in [0.2, 0.25) is 0 Å². The maximum atomic E-state index is 13.0. The number of amides is 4. The summed E-state index contributed by atoms with van der Waals surface area (Å²) in [5.74, 6) is -1.82. The van der Waals surface area contributed by atoms with Crippen LogP contribution in [0.25, 0.3) is 0 Å². The van der Waals surface area contributed by atoms with E-state index in [-0.39, 0.29) is 24.3 Å². The lowest BCUT2D eigenvalue weighted by molar-refractivity contribution is -0.149. The first-order chi connectivity index (χ1) is 19.0. The number of carbonyl (C=O) groups excluding carboxylic acids is 4. The van der Waals surface area contributed by atoms with Gasteiger partial charge in [-0.25, -0.2) is 0 Å². The monoisotopic (exact) mass is 549 g/mol. The van der Waals surface area contributed by atoms with E-state index in [0.29, 0.717) is 84.6 Å². The molecule has 4 amide bonds. The smallest absolute Gasteiger partial charge is 0.262 e. The van der Waals surface area contributed by atoms with E-state index in [9.17, 15) is 19.2 Å². The molecule has 216 valence electrons. The predicted molar refractivity (Wildman–Crippen MR) is 139 cm³/mol. The Hall–Kier alpha value is -2.74. The average molecular weight is 550 g/mol. The lowest BCUT2D eigenvalue weighted by Crippen LogP contribution is -2.54. The number of piperidine rings is 1. The number of ether oxygens (including phenoxy) is 5. The van der Waals surface area contributed by atoms with E-state index >= 15 is 0 Å². The van der Waals surface area contributed by atoms with Crippen molar-refractivity contribution in [2.45, 2.75) is 31.7 Å². The van der Waals surface area contributed by atoms with E-state index in [1.54, 1.807) is 12.1 Å². The Morgan fingerprint density at radius 1 is 0.769 bits per heavy atom. The molecule has 1 saturated heterocycles. The Morgan fingerprint density at radius 2 is 1.31 bits per heavy atom. The largest absolute Gasteiger partial charge is 0.379 e. The second-order valence-corrected chi connectivity index (χ2v) is 9.16. The third-order valence-corrected chi connectivity index (χ3v) is 6.42. The minimum atomic E-state index is -0.947. The first kappa shape index (κ1) is 30.8. The van der Waals surface area contributed by atoms with Gasteiger partial charge in [0.05, 0.1) is 70.6 Å². The summed E-state index contributed by atoms with van der Waals surface area (Å²) in [7, 11) is 1.37. The highest BCUT2D eigenvalue weighted by atomic mass is 16.6. The van der Waals surface area contributed by atoms with E-state index in [4.69, 9.17) is 29.4 Å². The molecule has 2 aliphatic heterocycles. The lowest BCUT2D eigenvalue weighted by Gasteiger charge is -2.32. The van der Waals surface area contributed by atoms with Gasteiger partial charge in [-0.15, -0.1) is 0 Å². The molecule has 0 saturated carbocycles. The van der Waals surface area contributed by atoms with Gasteiger partial charge in [-0.1, -0.05) is 6.07 Å². The van der Waals surface area contributed by atoms with Crippen molar-refractivity contribution in [1.29, 1.82) is 0 Å². The van der Waals surface area contributed by atoms with Crippen molar-refractivity contribution in [2.75, 3.05) is 79.7 Å². The summed E-state index contributed by atoms with van der Waals surface area (Å²) in [6.45, 7) is 5.49. The number of nitrogens with zero attached hydrogens (tertiary/aromatic N) is 2. The molecule has 0 aliphatic carbocycles. The summed E-state index contributed by atoms with van der Waals surface area (Å²) in [5, 5.41) is 0. The fraction of sp³-hybridized carbons (Fsp3) is 0.630. The Bertz CT molecular complexity index is 987. The summed E-state index contributed by atoms with van der Waals surface area (Å²) in [4.78, 5) is 52.2. The number of rotatable bonds is 19. The van der Waals surface area contributed by atoms with Crippen molar-refractivity contribution < 1.29 is 42.9 Å². The quantitative estimate of drug-likeness (QED) is 0.190. The highest BCUT2D eigenvalue weighted by Crippen LogP contribution is 2.29. The van der Waals surface area contributed by atoms with Gasteiger partial charge >= 0.3 is 0 Å². The molecule has 12 heteroatoms. The second kappa shape index (κ2) is 16.4. The molecule has 1 aromatic rings. The van der Waals surface area contributed by atoms with Gasteiger partial charge in [0.1, 0.15) is 6.04 Å². The third-order valence-electron chi connectivity index (χ3n) is 6.42. The van der Waals surface area contributed by atoms with Gasteiger partial charge in [0, 0.05) is 26.6 Å². The van der Waals surface area contributed by atoms with Crippen LogP contribution in [0.3, 0.4) is 0 Å². The van der Waals surface area contributed by atoms with Crippen molar-refractivity contribution in [2.24, 2.45) is 5.73 Å². The van der Waals surface area contributed by atoms with Crippen molar-refractivity contribution in [3.8, 4) is 0 Å². The summed E-state index contributed by atoms with van der Waals surface area (Å²) < 4.78 is 27.1. The Kier molecular flexibility index (Phi) is 12.9. The molecule has 0 spiro atoms. The summed E-state index contributed by atoms with van der Waals surface area (Å²) in [5.41, 5.74) is 6.81. The minimum Gasteiger partial charge on any atom is -0.379 e. The molecule has 1 fully saturated rings. The van der Waals surface area contributed by atoms with E-state index in [1.165, 1.54) is 7.05 Å². The van der Waals surface area contributed by atoms with Crippen LogP contribution in [0.1, 0.15) is 45.5 Å². The van der Waals surface area contributed by atoms with Crippen LogP contribution >= 0.6 is 0 Å². The number of hydrogen-bond acceptors (Lipinski definition) is 10. The van der Waals surface area contributed by atoms with Gasteiger partial charge in [-0.2, -0.15) is 0 Å². The molecule has 2 N–H and O–H groups in total. The molecule has 12 nitrogen and oxygen atoms in total. The molecule has 2 heterocycles. The van der Waals surface area contributed by atoms with Crippen LogP contribution in [-0.2, 0) is 39.7 Å². The standard InChI is InChI=1S/C27H39N3O9/c1-29-24(31)7-6-23(27(29)34)30-25(32)21-5-4-20(19-22(21)26(30)33)3-2-9-35-11-13-37-15-17-39-18-16-38-14-12-36-10-8-28/h4-5,19,23H,2-3,6-18,28H2,1H3. The number of imide groups is 2. The van der Waals surface area contributed by atoms with E-state index < -0.39 is 23.8 Å². The van der Waals surface area contributed by atoms with Crippen LogP contribution in [0.4, 0.5) is 0 Å². The molecule has 0 aromatic heterocycles. The molecule has 0 radical (unpaired) electrons. The van der Waals surface area contributed by atoms with Crippen LogP contribution in [0, 0.1) is 0 Å². The molecule has 1 unspecified atom stereocenters. The fourth-order valence-corrected chi connectivity index (χ4v) is 4.33. The van der Waals surface area contributed by atoms with Gasteiger partial charge in [-0.05, 0) is 37.0 Å². The number of carbonyl (C=O) groups is 4. The zero-order chi connectivity index (χ0) is 28.0. The van der Waals surface area contributed by atoms with Crippen molar-refractivity contribution in [1.82, 2.24) is 9.80 Å². The number of nitrogens with two attached hydrogens (primary N) is 1. The highest BCUT2D eigenvalue weighted by molar-refractivity contribution is 6.23. The Balaban J connectivity index is 1.25. The first-order valence-corrected chi connectivity index (χ1v) is 13.4. The number of likely N-dealkylation sites (N-methyl/N-ethyl adjacent to an activating group) is 1. The number of aryl methyl sites for hydroxylation is 1. The second-order valence-electron chi connectivity index (χ2n) is 9.16. The molecular weight excluding hydrogens is 510 g/mol. The number of likely N-dealkylation sites (tertiary alicyclic amines) is 1. The summed E-state index contributed by atoms with van der Waals surface area (Å²) in [6, 6.07) is 4.21. The lowest BCUT2D eigenvalue weighted by atomic mass is 10.0. The molecular formula is C27H39N3O9. The maximum Gasteiger partial charge on any atom is 0.262 e. The highest BCUT2D eigenvalue weighted by Gasteiger charge is 2.46. The summed E-state index contributed by atoms with van der Waals surface area (Å²) >= 11 is 0. The van der Waals surface area contributed by atoms with Gasteiger partial charge in [0.25, 0.3) is 17.7 Å². The maximum absolute atomic E-state index is 13.0. The molecule has 1 atom stereocenters. The Labute approximate surface area is 228 Å². The third kappa shape index (κ3) is 8.88. The zero-order valence-corrected chi connectivity index (χ0v) is 22.6. The Morgan fingerprint density at radius 3 is 1.90 bits per heavy atom. The minimum absolute atomic E-state index is 0.118. The topological polar surface area (TPSA) is 147 Å². The van der Waals surface area contributed by atoms with Gasteiger partial charge in [0.15, 0.2) is 0 Å². The average Bonchev–Trinajstić information content (AvgIpc) is 3.18. The van der Waals surface area contributed by atoms with Crippen LogP contribution in [-0.4, -0.2) is 119 Å². The van der Waals surface area contributed by atoms with E-state index in [2.05, 4.69) is 0 Å². The molecule has 1 aromatic carbocycles. The van der Waals surface area contributed by atoms with Gasteiger partial charge < -0.3 is 29.4 Å². The van der Waals surface area contributed by atoms with Crippen LogP contribution in [0.5, 0.6) is 0 Å². The molecule has 0 bridgehead atoms. The van der Waals surface area contributed by atoms with Crippen LogP contribution < -0.4 is 5.73 Å².